The molecule has 0 amide bonds. The van der Waals surface area contributed by atoms with Gasteiger partial charge in [-0.05, 0) is 26.3 Å². The number of hydrogen-bond acceptors (Lipinski definition) is 10. The Hall–Kier alpha value is -0.400. The van der Waals surface area contributed by atoms with Crippen LogP contribution in [-0.4, -0.2) is 106 Å². The van der Waals surface area contributed by atoms with Crippen LogP contribution in [0.1, 0.15) is 19.8 Å². The third kappa shape index (κ3) is 6.68. The second kappa shape index (κ2) is 11.3. The zero-order valence-electron chi connectivity index (χ0n) is 14.3. The summed E-state index contributed by atoms with van der Waals surface area (Å²) in [6.45, 7) is 1.50. The van der Waals surface area contributed by atoms with Crippen LogP contribution in [0.4, 0.5) is 0 Å². The molecule has 8 atom stereocenters. The molecule has 0 spiro atoms. The van der Waals surface area contributed by atoms with Crippen molar-refractivity contribution in [1.82, 2.24) is 0 Å². The Bertz CT molecular complexity index is 362. The summed E-state index contributed by atoms with van der Waals surface area (Å²) in [6, 6.07) is 0. The quantitative estimate of drug-likeness (QED) is 0.182. The predicted octanol–water partition coefficient (Wildman–Crippen LogP) is -3.33. The lowest BCUT2D eigenvalue weighted by Crippen LogP contribution is -2.59. The molecule has 0 aromatic heterocycles. The molecule has 0 radical (unpaired) electrons. The van der Waals surface area contributed by atoms with Crippen molar-refractivity contribution in [3.63, 3.8) is 0 Å². The fraction of sp³-hybridized carbons (Fsp3) is 1.00. The Morgan fingerprint density at radius 2 is 1.72 bits per heavy atom. The molecular weight excluding hydrogens is 338 g/mol. The van der Waals surface area contributed by atoms with Crippen molar-refractivity contribution in [1.29, 1.82) is 0 Å². The summed E-state index contributed by atoms with van der Waals surface area (Å²) in [5.41, 5.74) is 5.36. The standard InChI is InChI=1S/C15H31NO9/c1-8-11(20)12(21)13(22)15(24-8)25-14(9(18)6-17)10(19)7-23-5-3-2-4-16/h8-15,17-22H,2-7,16H2,1H3/t8-,9+,10-,11-,12+,13+,14+,15-/m0/s1. The second-order valence-corrected chi connectivity index (χ2v) is 6.17. The fourth-order valence-electron chi connectivity index (χ4n) is 2.47. The lowest BCUT2D eigenvalue weighted by molar-refractivity contribution is -0.319. The maximum absolute atomic E-state index is 10.2. The van der Waals surface area contributed by atoms with Crippen molar-refractivity contribution in [2.24, 2.45) is 5.73 Å². The molecule has 10 nitrogen and oxygen atoms in total. The number of hydrogen-bond donors (Lipinski definition) is 7. The summed E-state index contributed by atoms with van der Waals surface area (Å²) in [7, 11) is 0. The molecule has 0 aromatic carbocycles. The van der Waals surface area contributed by atoms with Crippen molar-refractivity contribution >= 4 is 0 Å². The zero-order chi connectivity index (χ0) is 19.0. The van der Waals surface area contributed by atoms with Gasteiger partial charge in [-0.1, -0.05) is 0 Å². The van der Waals surface area contributed by atoms with Crippen molar-refractivity contribution in [3.8, 4) is 0 Å². The third-order valence-corrected chi connectivity index (χ3v) is 4.08. The topological polar surface area (TPSA) is 175 Å². The summed E-state index contributed by atoms with van der Waals surface area (Å²) in [5, 5.41) is 58.6. The Balaban J connectivity index is 2.62. The minimum Gasteiger partial charge on any atom is -0.394 e. The van der Waals surface area contributed by atoms with Gasteiger partial charge in [0.2, 0.25) is 0 Å². The van der Waals surface area contributed by atoms with Crippen LogP contribution in [0.25, 0.3) is 0 Å². The van der Waals surface area contributed by atoms with Gasteiger partial charge in [0.05, 0.1) is 19.3 Å². The lowest BCUT2D eigenvalue weighted by Gasteiger charge is -2.41. The minimum atomic E-state index is -1.59. The summed E-state index contributed by atoms with van der Waals surface area (Å²) >= 11 is 0. The van der Waals surface area contributed by atoms with Crippen LogP contribution in [-0.2, 0) is 14.2 Å². The number of ether oxygens (including phenoxy) is 3. The molecule has 1 aliphatic rings. The molecule has 8 N–H and O–H groups in total. The average Bonchev–Trinajstić information content (AvgIpc) is 2.60. The van der Waals surface area contributed by atoms with Crippen LogP contribution in [0, 0.1) is 0 Å². The van der Waals surface area contributed by atoms with Gasteiger partial charge >= 0.3 is 0 Å². The first-order chi connectivity index (χ1) is 11.8. The van der Waals surface area contributed by atoms with E-state index < -0.39 is 55.6 Å². The van der Waals surface area contributed by atoms with Crippen LogP contribution in [0.15, 0.2) is 0 Å². The van der Waals surface area contributed by atoms with Gasteiger partial charge in [-0.25, -0.2) is 0 Å². The van der Waals surface area contributed by atoms with Crippen molar-refractivity contribution in [3.05, 3.63) is 0 Å². The monoisotopic (exact) mass is 369 g/mol. The van der Waals surface area contributed by atoms with Gasteiger partial charge in [-0.3, -0.25) is 0 Å². The number of unbranched alkanes of at least 4 members (excludes halogenated alkanes) is 1. The van der Waals surface area contributed by atoms with E-state index in [2.05, 4.69) is 0 Å². The first kappa shape index (κ1) is 22.6. The zero-order valence-corrected chi connectivity index (χ0v) is 14.3. The van der Waals surface area contributed by atoms with E-state index in [9.17, 15) is 25.5 Å². The van der Waals surface area contributed by atoms with Gasteiger partial charge in [0.25, 0.3) is 0 Å². The average molecular weight is 369 g/mol. The number of aliphatic hydroxyl groups is 6. The summed E-state index contributed by atoms with van der Waals surface area (Å²) < 4.78 is 15.9. The van der Waals surface area contributed by atoms with Crippen LogP contribution < -0.4 is 5.73 Å². The SMILES string of the molecule is C[C@@H]1O[C@@H](O[C@H]([C@H](O)CO)[C@@H](O)COCCCCN)[C@H](O)[C@H](O)[C@H]1O. The number of nitrogens with two attached hydrogens (primary N) is 1. The van der Waals surface area contributed by atoms with E-state index in [1.165, 1.54) is 6.92 Å². The van der Waals surface area contributed by atoms with Crippen molar-refractivity contribution in [2.75, 3.05) is 26.4 Å². The van der Waals surface area contributed by atoms with Crippen molar-refractivity contribution < 1.29 is 44.8 Å². The maximum Gasteiger partial charge on any atom is 0.187 e. The van der Waals surface area contributed by atoms with Crippen LogP contribution >= 0.6 is 0 Å². The molecule has 0 saturated carbocycles. The van der Waals surface area contributed by atoms with E-state index in [-0.39, 0.29) is 6.61 Å². The molecule has 0 aromatic rings. The van der Waals surface area contributed by atoms with Crippen LogP contribution in [0.5, 0.6) is 0 Å². The summed E-state index contributed by atoms with van der Waals surface area (Å²) in [6.07, 6.45) is -9.23. The highest BCUT2D eigenvalue weighted by Crippen LogP contribution is 2.24. The first-order valence-electron chi connectivity index (χ1n) is 8.43. The Morgan fingerprint density at radius 3 is 2.32 bits per heavy atom. The highest BCUT2D eigenvalue weighted by molar-refractivity contribution is 4.89. The molecule has 150 valence electrons. The molecule has 0 unspecified atom stereocenters. The van der Waals surface area contributed by atoms with Gasteiger partial charge in [0.1, 0.15) is 36.6 Å². The molecule has 1 aliphatic heterocycles. The first-order valence-corrected chi connectivity index (χ1v) is 8.43. The van der Waals surface area contributed by atoms with E-state index in [4.69, 9.17) is 25.1 Å². The van der Waals surface area contributed by atoms with E-state index in [0.717, 1.165) is 6.42 Å². The molecule has 0 bridgehead atoms. The summed E-state index contributed by atoms with van der Waals surface area (Å²) in [4.78, 5) is 0. The minimum absolute atomic E-state index is 0.171. The third-order valence-electron chi connectivity index (χ3n) is 4.08. The molecule has 1 rings (SSSR count). The van der Waals surface area contributed by atoms with E-state index in [1.807, 2.05) is 0 Å². The Kier molecular flexibility index (Phi) is 10.3. The molecule has 1 heterocycles. The van der Waals surface area contributed by atoms with Gasteiger partial charge in [0.15, 0.2) is 6.29 Å². The Labute approximate surface area is 146 Å². The van der Waals surface area contributed by atoms with Crippen LogP contribution in [0.2, 0.25) is 0 Å². The predicted molar refractivity (Wildman–Crippen MR) is 85.4 cm³/mol. The number of aliphatic hydroxyl groups excluding tert-OH is 6. The molecular formula is C15H31NO9. The molecule has 1 fully saturated rings. The lowest BCUT2D eigenvalue weighted by atomic mass is 9.99. The van der Waals surface area contributed by atoms with Gasteiger partial charge in [0, 0.05) is 6.61 Å². The maximum atomic E-state index is 10.2. The summed E-state index contributed by atoms with van der Waals surface area (Å²) in [5.74, 6) is 0. The molecule has 25 heavy (non-hydrogen) atoms. The van der Waals surface area contributed by atoms with E-state index in [0.29, 0.717) is 19.6 Å². The normalized spacial score (nSPS) is 33.8. The fourth-order valence-corrected chi connectivity index (χ4v) is 2.47. The number of rotatable bonds is 11. The molecule has 1 saturated heterocycles. The Morgan fingerprint density at radius 1 is 1.04 bits per heavy atom. The van der Waals surface area contributed by atoms with Crippen LogP contribution in [0.3, 0.4) is 0 Å². The van der Waals surface area contributed by atoms with E-state index in [1.54, 1.807) is 0 Å². The van der Waals surface area contributed by atoms with E-state index >= 15 is 0 Å². The highest BCUT2D eigenvalue weighted by atomic mass is 16.7. The smallest absolute Gasteiger partial charge is 0.187 e. The highest BCUT2D eigenvalue weighted by Gasteiger charge is 2.44. The van der Waals surface area contributed by atoms with Gasteiger partial charge in [-0.2, -0.15) is 0 Å². The van der Waals surface area contributed by atoms with Gasteiger partial charge in [-0.15, -0.1) is 0 Å². The second-order valence-electron chi connectivity index (χ2n) is 6.17. The molecule has 0 aliphatic carbocycles. The van der Waals surface area contributed by atoms with Crippen molar-refractivity contribution in [2.45, 2.75) is 68.8 Å². The molecule has 10 heteroatoms. The van der Waals surface area contributed by atoms with Gasteiger partial charge < -0.3 is 50.6 Å². The largest absolute Gasteiger partial charge is 0.394 e.